The van der Waals surface area contributed by atoms with Gasteiger partial charge in [-0.1, -0.05) is 62.7 Å². The van der Waals surface area contributed by atoms with Gasteiger partial charge in [0.2, 0.25) is 5.71 Å². The maximum Gasteiger partial charge on any atom is 0.325 e. The highest BCUT2D eigenvalue weighted by molar-refractivity contribution is 6.38. The van der Waals surface area contributed by atoms with E-state index in [4.69, 9.17) is 16.6 Å². The molecule has 2 heterocycles. The third-order valence-corrected chi connectivity index (χ3v) is 3.84. The number of fused-ring (bicyclic) bond motifs is 1. The van der Waals surface area contributed by atoms with Crippen molar-refractivity contribution in [3.63, 3.8) is 0 Å². The Hall–Kier alpha value is -1.67. The molecule has 1 aromatic carbocycles. The van der Waals surface area contributed by atoms with Crippen LogP contribution in [0.5, 0.6) is 0 Å². The van der Waals surface area contributed by atoms with Gasteiger partial charge in [0.05, 0.1) is 6.08 Å². The minimum Gasteiger partial charge on any atom is -0.219 e. The van der Waals surface area contributed by atoms with Gasteiger partial charge in [0.1, 0.15) is 12.3 Å². The average molecular weight is 286 g/mol. The summed E-state index contributed by atoms with van der Waals surface area (Å²) >= 11 is 6.25. The van der Waals surface area contributed by atoms with Crippen LogP contribution in [0.1, 0.15) is 26.3 Å². The first-order chi connectivity index (χ1) is 9.45. The zero-order valence-corrected chi connectivity index (χ0v) is 12.7. The lowest BCUT2D eigenvalue weighted by molar-refractivity contribution is -0.516. The van der Waals surface area contributed by atoms with Crippen LogP contribution >= 0.6 is 11.6 Å². The zero-order chi connectivity index (χ0) is 14.3. The third-order valence-electron chi connectivity index (χ3n) is 3.60. The summed E-state index contributed by atoms with van der Waals surface area (Å²) in [4.78, 5) is 4.72. The maximum atomic E-state index is 6.25. The van der Waals surface area contributed by atoms with Crippen LogP contribution in [-0.2, 0) is 0 Å². The summed E-state index contributed by atoms with van der Waals surface area (Å²) in [6.07, 6.45) is 6.15. The largest absolute Gasteiger partial charge is 0.325 e. The first-order valence-corrected chi connectivity index (χ1v) is 7.19. The molecule has 0 bridgehead atoms. The first kappa shape index (κ1) is 13.3. The molecule has 2 aliphatic heterocycles. The molecule has 2 aliphatic rings. The van der Waals surface area contributed by atoms with Gasteiger partial charge in [0.15, 0.2) is 0 Å². The van der Waals surface area contributed by atoms with Crippen molar-refractivity contribution in [1.82, 2.24) is 0 Å². The van der Waals surface area contributed by atoms with Crippen LogP contribution in [0.15, 0.2) is 58.3 Å². The quantitative estimate of drug-likeness (QED) is 0.694. The highest BCUT2D eigenvalue weighted by atomic mass is 35.5. The Balaban J connectivity index is 2.05. The Morgan fingerprint density at radius 1 is 1.15 bits per heavy atom. The van der Waals surface area contributed by atoms with E-state index in [-0.39, 0.29) is 11.5 Å². The topological polar surface area (TPSA) is 15.4 Å². The fraction of sp³-hybridized carbons (Fsp3) is 0.294. The zero-order valence-electron chi connectivity index (χ0n) is 12.0. The molecule has 1 unspecified atom stereocenters. The number of hydrogen-bond acceptors (Lipinski definition) is 1. The predicted molar refractivity (Wildman–Crippen MR) is 84.6 cm³/mol. The van der Waals surface area contributed by atoms with E-state index in [0.717, 1.165) is 22.1 Å². The van der Waals surface area contributed by atoms with Crippen molar-refractivity contribution in [2.24, 2.45) is 10.4 Å². The van der Waals surface area contributed by atoms with Crippen molar-refractivity contribution in [2.75, 3.05) is 0 Å². The van der Waals surface area contributed by atoms with E-state index in [9.17, 15) is 0 Å². The molecule has 102 valence electrons. The summed E-state index contributed by atoms with van der Waals surface area (Å²) in [6.45, 7) is 6.65. The number of halogens is 1. The van der Waals surface area contributed by atoms with E-state index >= 15 is 0 Å². The molecule has 0 saturated carbocycles. The van der Waals surface area contributed by atoms with Gasteiger partial charge in [-0.15, -0.1) is 0 Å². The van der Waals surface area contributed by atoms with E-state index in [1.165, 1.54) is 0 Å². The van der Waals surface area contributed by atoms with E-state index in [1.807, 2.05) is 24.3 Å². The Bertz CT molecular complexity index is 658. The van der Waals surface area contributed by atoms with Crippen molar-refractivity contribution < 1.29 is 4.58 Å². The van der Waals surface area contributed by atoms with Gasteiger partial charge in [-0.25, -0.2) is 4.58 Å². The van der Waals surface area contributed by atoms with Gasteiger partial charge in [-0.3, -0.25) is 0 Å². The predicted octanol–water partition coefficient (Wildman–Crippen LogP) is 3.97. The molecule has 0 fully saturated rings. The minimum absolute atomic E-state index is 0.0950. The van der Waals surface area contributed by atoms with Crippen molar-refractivity contribution >= 4 is 23.5 Å². The second-order valence-electron chi connectivity index (χ2n) is 6.26. The van der Waals surface area contributed by atoms with Crippen LogP contribution in [0.3, 0.4) is 0 Å². The molecule has 0 amide bonds. The Morgan fingerprint density at radius 3 is 2.50 bits per heavy atom. The van der Waals surface area contributed by atoms with E-state index in [0.29, 0.717) is 0 Å². The van der Waals surface area contributed by atoms with Crippen LogP contribution < -0.4 is 0 Å². The molecule has 0 N–H and O–H groups in total. The molecule has 0 radical (unpaired) electrons. The summed E-state index contributed by atoms with van der Waals surface area (Å²) in [5.74, 6) is 0.927. The number of rotatable bonds is 1. The molecular formula is C17H18ClN2+. The standard InChI is InChI=1S/C17H18ClN2/c1-17(2,3)15-9-13(18)10-16-19-14(11-20(15)16)12-7-5-4-6-8-12/h4-11,15H,1-3H3/q+1. The van der Waals surface area contributed by atoms with Crippen LogP contribution in [0.4, 0.5) is 0 Å². The lowest BCUT2D eigenvalue weighted by Crippen LogP contribution is -2.37. The Labute approximate surface area is 124 Å². The minimum atomic E-state index is 0.0950. The molecule has 1 atom stereocenters. The molecule has 3 heteroatoms. The highest BCUT2D eigenvalue weighted by Gasteiger charge is 2.38. The lowest BCUT2D eigenvalue weighted by atomic mass is 9.85. The van der Waals surface area contributed by atoms with Gasteiger partial charge >= 0.3 is 5.82 Å². The fourth-order valence-corrected chi connectivity index (χ4v) is 2.77. The second-order valence-corrected chi connectivity index (χ2v) is 6.70. The summed E-state index contributed by atoms with van der Waals surface area (Å²) in [5, 5.41) is 0.766. The third kappa shape index (κ3) is 2.36. The number of aliphatic imine (C=N–C) groups is 1. The molecular weight excluding hydrogens is 268 g/mol. The number of benzene rings is 1. The van der Waals surface area contributed by atoms with Gasteiger partial charge in [0, 0.05) is 16.0 Å². The van der Waals surface area contributed by atoms with E-state index in [2.05, 4.69) is 49.8 Å². The summed E-state index contributed by atoms with van der Waals surface area (Å²) in [7, 11) is 0. The van der Waals surface area contributed by atoms with Crippen molar-refractivity contribution in [2.45, 2.75) is 26.8 Å². The van der Waals surface area contributed by atoms with Gasteiger partial charge in [-0.05, 0) is 11.1 Å². The lowest BCUT2D eigenvalue weighted by Gasteiger charge is -2.28. The summed E-state index contributed by atoms with van der Waals surface area (Å²) in [5.41, 5.74) is 2.22. The van der Waals surface area contributed by atoms with Crippen molar-refractivity contribution in [3.05, 3.63) is 58.9 Å². The van der Waals surface area contributed by atoms with Crippen LogP contribution in [0, 0.1) is 5.41 Å². The summed E-state index contributed by atoms with van der Waals surface area (Å²) in [6, 6.07) is 10.5. The Kier molecular flexibility index (Phi) is 3.14. The molecule has 0 spiro atoms. The molecule has 2 nitrogen and oxygen atoms in total. The highest BCUT2D eigenvalue weighted by Crippen LogP contribution is 2.32. The molecule has 3 rings (SSSR count). The van der Waals surface area contributed by atoms with Crippen LogP contribution in [0.25, 0.3) is 0 Å². The Morgan fingerprint density at radius 2 is 1.85 bits per heavy atom. The molecule has 1 aromatic rings. The second kappa shape index (κ2) is 4.71. The number of allylic oxidation sites excluding steroid dienone is 2. The van der Waals surface area contributed by atoms with E-state index < -0.39 is 0 Å². The van der Waals surface area contributed by atoms with Crippen molar-refractivity contribution in [3.8, 4) is 0 Å². The molecule has 0 saturated heterocycles. The average Bonchev–Trinajstić information content (AvgIpc) is 2.81. The van der Waals surface area contributed by atoms with Gasteiger partial charge in [0.25, 0.3) is 0 Å². The maximum absolute atomic E-state index is 6.25. The monoisotopic (exact) mass is 285 g/mol. The number of hydrogen-bond donors (Lipinski definition) is 0. The molecule has 20 heavy (non-hydrogen) atoms. The van der Waals surface area contributed by atoms with E-state index in [1.54, 1.807) is 0 Å². The molecule has 0 aliphatic carbocycles. The normalized spacial score (nSPS) is 21.7. The first-order valence-electron chi connectivity index (χ1n) is 6.81. The van der Waals surface area contributed by atoms with Gasteiger partial charge in [-0.2, -0.15) is 0 Å². The smallest absolute Gasteiger partial charge is 0.219 e. The molecule has 0 aromatic heterocycles. The number of nitrogens with zero attached hydrogens (tertiary/aromatic N) is 2. The van der Waals surface area contributed by atoms with Crippen LogP contribution in [0.2, 0.25) is 0 Å². The van der Waals surface area contributed by atoms with Gasteiger partial charge < -0.3 is 0 Å². The van der Waals surface area contributed by atoms with Crippen molar-refractivity contribution in [1.29, 1.82) is 0 Å². The van der Waals surface area contributed by atoms with Crippen LogP contribution in [-0.4, -0.2) is 22.5 Å². The SMILES string of the molecule is CC(C)(C)C1C=C(Cl)C=C2N=C(c3ccccc3)C=[N+]21. The fourth-order valence-electron chi connectivity index (χ4n) is 2.56. The summed E-state index contributed by atoms with van der Waals surface area (Å²) < 4.78 is 2.22.